The molecule has 0 amide bonds. The summed E-state index contributed by atoms with van der Waals surface area (Å²) in [7, 11) is 0. The topological polar surface area (TPSA) is 43.6 Å². The van der Waals surface area contributed by atoms with Gasteiger partial charge in [0.05, 0.1) is 11.0 Å². The van der Waals surface area contributed by atoms with Gasteiger partial charge >= 0.3 is 0 Å². The van der Waals surface area contributed by atoms with Gasteiger partial charge in [0.25, 0.3) is 0 Å². The number of nitrogens with zero attached hydrogens (tertiary/aromatic N) is 4. The molecule has 5 heteroatoms. The van der Waals surface area contributed by atoms with Gasteiger partial charge in [-0.3, -0.25) is 0 Å². The SMILES string of the molecule is c1ccc2cc3c(cc2c1)c1cc2ccccc2cc1n3-c1ccc(-c2nc(-c3cccc4ccccc34)nc(-c3cccc4ccccc34)n2)c(-c2cccc3sc4ccccc4c23)c1. The van der Waals surface area contributed by atoms with E-state index in [9.17, 15) is 0 Å². The third-order valence-corrected chi connectivity index (χ3v) is 14.5. The Morgan fingerprint density at radius 1 is 0.288 bits per heavy atom. The zero-order valence-electron chi connectivity index (χ0n) is 35.5. The van der Waals surface area contributed by atoms with E-state index in [0.29, 0.717) is 17.5 Å². The number of hydrogen-bond donors (Lipinski definition) is 0. The molecule has 66 heavy (non-hydrogen) atoms. The highest BCUT2D eigenvalue weighted by molar-refractivity contribution is 7.25. The molecule has 306 valence electrons. The molecule has 0 spiro atoms. The summed E-state index contributed by atoms with van der Waals surface area (Å²) in [4.78, 5) is 16.3. The third kappa shape index (κ3) is 5.74. The van der Waals surface area contributed by atoms with E-state index in [-0.39, 0.29) is 0 Å². The monoisotopic (exact) mass is 856 g/mol. The van der Waals surface area contributed by atoms with E-state index in [0.717, 1.165) is 66.1 Å². The summed E-state index contributed by atoms with van der Waals surface area (Å²) >= 11 is 1.84. The molecule has 0 radical (unpaired) electrons. The Bertz CT molecular complexity index is 4110. The molecule has 3 aromatic heterocycles. The molecule has 0 aliphatic rings. The molecule has 0 aliphatic heterocycles. The molecular weight excluding hydrogens is 821 g/mol. The average molecular weight is 857 g/mol. The first-order valence-corrected chi connectivity index (χ1v) is 23.2. The normalized spacial score (nSPS) is 11.9. The second-order valence-corrected chi connectivity index (χ2v) is 18.2. The smallest absolute Gasteiger partial charge is 0.164 e. The molecule has 11 aromatic carbocycles. The zero-order valence-corrected chi connectivity index (χ0v) is 36.3. The van der Waals surface area contributed by atoms with E-state index in [2.05, 4.69) is 223 Å². The van der Waals surface area contributed by atoms with E-state index in [4.69, 9.17) is 15.0 Å². The fourth-order valence-electron chi connectivity index (χ4n) is 10.3. The molecule has 0 saturated carbocycles. The molecule has 0 fully saturated rings. The Kier molecular flexibility index (Phi) is 8.12. The second-order valence-electron chi connectivity index (χ2n) is 17.1. The van der Waals surface area contributed by atoms with Crippen molar-refractivity contribution in [3.8, 4) is 51.0 Å². The van der Waals surface area contributed by atoms with Crippen molar-refractivity contribution in [2.24, 2.45) is 0 Å². The van der Waals surface area contributed by atoms with E-state index in [1.807, 2.05) is 11.3 Å². The maximum atomic E-state index is 5.48. The predicted molar refractivity (Wildman–Crippen MR) is 279 cm³/mol. The van der Waals surface area contributed by atoms with Crippen LogP contribution < -0.4 is 0 Å². The van der Waals surface area contributed by atoms with Crippen LogP contribution in [0.2, 0.25) is 0 Å². The molecule has 14 aromatic rings. The van der Waals surface area contributed by atoms with Crippen molar-refractivity contribution >= 4 is 96.4 Å². The minimum Gasteiger partial charge on any atom is -0.309 e. The van der Waals surface area contributed by atoms with Crippen molar-refractivity contribution in [2.75, 3.05) is 0 Å². The molecule has 0 N–H and O–H groups in total. The van der Waals surface area contributed by atoms with Crippen molar-refractivity contribution in [2.45, 2.75) is 0 Å². The second kappa shape index (κ2) is 14.5. The highest BCUT2D eigenvalue weighted by Crippen LogP contribution is 2.45. The average Bonchev–Trinajstić information content (AvgIpc) is 3.91. The van der Waals surface area contributed by atoms with Crippen LogP contribution in [0.1, 0.15) is 0 Å². The lowest BCUT2D eigenvalue weighted by Crippen LogP contribution is -2.03. The van der Waals surface area contributed by atoms with E-state index < -0.39 is 0 Å². The van der Waals surface area contributed by atoms with Gasteiger partial charge in [0.15, 0.2) is 17.5 Å². The van der Waals surface area contributed by atoms with Crippen LogP contribution in [0.5, 0.6) is 0 Å². The highest BCUT2D eigenvalue weighted by atomic mass is 32.1. The number of benzene rings is 11. The number of thiophene rings is 1. The maximum Gasteiger partial charge on any atom is 0.164 e. The van der Waals surface area contributed by atoms with Crippen molar-refractivity contribution < 1.29 is 0 Å². The number of hydrogen-bond acceptors (Lipinski definition) is 4. The maximum absolute atomic E-state index is 5.48. The zero-order chi connectivity index (χ0) is 43.3. The van der Waals surface area contributed by atoms with Gasteiger partial charge in [-0.15, -0.1) is 11.3 Å². The third-order valence-electron chi connectivity index (χ3n) is 13.4. The fraction of sp³-hybridized carbons (Fsp3) is 0. The first-order valence-electron chi connectivity index (χ1n) is 22.3. The van der Waals surface area contributed by atoms with Crippen LogP contribution in [0, 0.1) is 0 Å². The molecule has 0 bridgehead atoms. The molecule has 0 saturated heterocycles. The Labute approximate surface area is 383 Å². The number of rotatable bonds is 5. The summed E-state index contributed by atoms with van der Waals surface area (Å²) in [5.41, 5.74) is 8.44. The summed E-state index contributed by atoms with van der Waals surface area (Å²) in [6, 6.07) is 78.8. The van der Waals surface area contributed by atoms with Crippen LogP contribution in [0.3, 0.4) is 0 Å². The van der Waals surface area contributed by atoms with Crippen LogP contribution >= 0.6 is 11.3 Å². The lowest BCUT2D eigenvalue weighted by Gasteiger charge is -2.17. The molecule has 0 aliphatic carbocycles. The van der Waals surface area contributed by atoms with Crippen molar-refractivity contribution in [3.05, 3.63) is 218 Å². The van der Waals surface area contributed by atoms with Gasteiger partial charge in [-0.1, -0.05) is 164 Å². The summed E-state index contributed by atoms with van der Waals surface area (Å²) in [5, 5.41) is 14.2. The van der Waals surface area contributed by atoms with Crippen molar-refractivity contribution in [1.82, 2.24) is 19.5 Å². The fourth-order valence-corrected chi connectivity index (χ4v) is 11.5. The summed E-state index contributed by atoms with van der Waals surface area (Å²) in [6.45, 7) is 0. The molecular formula is C61H36N4S. The quantitative estimate of drug-likeness (QED) is 0.173. The van der Waals surface area contributed by atoms with E-state index >= 15 is 0 Å². The molecule has 0 unspecified atom stereocenters. The molecule has 4 nitrogen and oxygen atoms in total. The van der Waals surface area contributed by atoms with E-state index in [1.165, 1.54) is 52.5 Å². The number of fused-ring (bicyclic) bond motifs is 10. The lowest BCUT2D eigenvalue weighted by molar-refractivity contribution is 1.08. The van der Waals surface area contributed by atoms with Crippen LogP contribution in [-0.4, -0.2) is 19.5 Å². The van der Waals surface area contributed by atoms with Crippen LogP contribution in [0.4, 0.5) is 0 Å². The van der Waals surface area contributed by atoms with Crippen molar-refractivity contribution in [1.29, 1.82) is 0 Å². The van der Waals surface area contributed by atoms with Crippen LogP contribution in [0.15, 0.2) is 218 Å². The first-order chi connectivity index (χ1) is 32.7. The predicted octanol–water partition coefficient (Wildman–Crippen LogP) is 16.6. The Morgan fingerprint density at radius 3 is 1.32 bits per heavy atom. The first kappa shape index (κ1) is 36.9. The van der Waals surface area contributed by atoms with Gasteiger partial charge in [0.1, 0.15) is 0 Å². The van der Waals surface area contributed by atoms with Gasteiger partial charge in [0.2, 0.25) is 0 Å². The Hall–Kier alpha value is -8.51. The molecule has 3 heterocycles. The van der Waals surface area contributed by atoms with Gasteiger partial charge in [-0.25, -0.2) is 15.0 Å². The van der Waals surface area contributed by atoms with Crippen LogP contribution in [0.25, 0.3) is 136 Å². The highest BCUT2D eigenvalue weighted by Gasteiger charge is 2.23. The van der Waals surface area contributed by atoms with Gasteiger partial charge in [0, 0.05) is 53.3 Å². The van der Waals surface area contributed by atoms with E-state index in [1.54, 1.807) is 0 Å². The summed E-state index contributed by atoms with van der Waals surface area (Å²) in [5.74, 6) is 1.89. The largest absolute Gasteiger partial charge is 0.309 e. The summed E-state index contributed by atoms with van der Waals surface area (Å²) in [6.07, 6.45) is 0. The Balaban J connectivity index is 1.10. The van der Waals surface area contributed by atoms with Crippen molar-refractivity contribution in [3.63, 3.8) is 0 Å². The Morgan fingerprint density at radius 2 is 0.727 bits per heavy atom. The van der Waals surface area contributed by atoms with Gasteiger partial charge in [-0.05, 0) is 109 Å². The molecule has 14 rings (SSSR count). The molecule has 0 atom stereocenters. The standard InChI is InChI=1S/C61H36N4S/c1-3-18-41-34-54-52(32-39(41)16-1)53-33-40-17-2-4-19-42(40)35-55(53)65(54)43-30-31-49(51(36-43)46-25-13-29-57-58(46)50-24-9-10-28-56(50)66-57)61-63-59(47-26-11-20-37-14-5-7-22-44(37)47)62-60(64-61)48-27-12-21-38-15-6-8-23-45(38)48/h1-36H. The summed E-state index contributed by atoms with van der Waals surface area (Å²) < 4.78 is 4.96. The minimum atomic E-state index is 0.619. The lowest BCUT2D eigenvalue weighted by atomic mass is 9.94. The number of aromatic nitrogens is 4. The van der Waals surface area contributed by atoms with Gasteiger partial charge in [-0.2, -0.15) is 0 Å². The minimum absolute atomic E-state index is 0.619. The van der Waals surface area contributed by atoms with Gasteiger partial charge < -0.3 is 4.57 Å². The van der Waals surface area contributed by atoms with Crippen LogP contribution in [-0.2, 0) is 0 Å².